The Hall–Kier alpha value is -2.38. The first-order valence-corrected chi connectivity index (χ1v) is 8.20. The van der Waals surface area contributed by atoms with Crippen molar-refractivity contribution in [3.05, 3.63) is 46.8 Å². The first kappa shape index (κ1) is 19.0. The zero-order valence-electron chi connectivity index (χ0n) is 15.3. The van der Waals surface area contributed by atoms with Crippen molar-refractivity contribution >= 4 is 11.7 Å². The predicted molar refractivity (Wildman–Crippen MR) is 96.6 cm³/mol. The number of ether oxygens (including phenoxy) is 2. The van der Waals surface area contributed by atoms with Gasteiger partial charge in [0.25, 0.3) is 0 Å². The lowest BCUT2D eigenvalue weighted by Crippen LogP contribution is -2.29. The van der Waals surface area contributed by atoms with Crippen molar-refractivity contribution in [1.82, 2.24) is 15.1 Å². The molecule has 136 valence electrons. The van der Waals surface area contributed by atoms with E-state index in [9.17, 15) is 4.79 Å². The van der Waals surface area contributed by atoms with Crippen molar-refractivity contribution in [3.63, 3.8) is 0 Å². The largest absolute Gasteiger partial charge is 0.383 e. The fourth-order valence-electron chi connectivity index (χ4n) is 2.64. The van der Waals surface area contributed by atoms with E-state index in [0.717, 1.165) is 28.2 Å². The lowest BCUT2D eigenvalue weighted by molar-refractivity contribution is 0.182. The predicted octanol–water partition coefficient (Wildman–Crippen LogP) is 2.61. The third kappa shape index (κ3) is 5.04. The van der Waals surface area contributed by atoms with Gasteiger partial charge in [0.2, 0.25) is 0 Å². The van der Waals surface area contributed by atoms with Crippen LogP contribution in [0.25, 0.3) is 0 Å². The van der Waals surface area contributed by atoms with E-state index < -0.39 is 0 Å². The van der Waals surface area contributed by atoms with Gasteiger partial charge in [-0.2, -0.15) is 5.10 Å². The van der Waals surface area contributed by atoms with Gasteiger partial charge in [0.1, 0.15) is 0 Å². The highest BCUT2D eigenvalue weighted by atomic mass is 16.5. The number of carbonyl (C=O) groups is 1. The molecule has 0 aliphatic heterocycles. The van der Waals surface area contributed by atoms with Crippen molar-refractivity contribution < 1.29 is 14.3 Å². The van der Waals surface area contributed by atoms with Crippen LogP contribution in [0, 0.1) is 13.8 Å². The number of carbonyl (C=O) groups excluding carboxylic acids is 1. The summed E-state index contributed by atoms with van der Waals surface area (Å²) in [6.45, 7) is 6.10. The number of para-hydroxylation sites is 1. The van der Waals surface area contributed by atoms with E-state index in [4.69, 9.17) is 9.47 Å². The summed E-state index contributed by atoms with van der Waals surface area (Å²) >= 11 is 0. The Morgan fingerprint density at radius 1 is 1.20 bits per heavy atom. The molecule has 2 amide bonds. The number of rotatable bonds is 8. The van der Waals surface area contributed by atoms with Gasteiger partial charge < -0.3 is 20.1 Å². The molecule has 2 aromatic rings. The summed E-state index contributed by atoms with van der Waals surface area (Å²) in [5.74, 6) is 0. The second-order valence-electron chi connectivity index (χ2n) is 5.76. The molecule has 1 aromatic heterocycles. The van der Waals surface area contributed by atoms with E-state index in [1.54, 1.807) is 14.2 Å². The molecule has 0 spiro atoms. The summed E-state index contributed by atoms with van der Waals surface area (Å²) in [5.41, 5.74) is 4.64. The third-order valence-corrected chi connectivity index (χ3v) is 4.03. The Kier molecular flexibility index (Phi) is 6.97. The SMILES string of the molecule is COCCn1nc(C)c(CNC(=O)Nc2ccccc2COC)c1C. The van der Waals surface area contributed by atoms with Crippen LogP contribution in [0.3, 0.4) is 0 Å². The molecule has 0 fully saturated rings. The molecule has 0 unspecified atom stereocenters. The van der Waals surface area contributed by atoms with E-state index in [2.05, 4.69) is 15.7 Å². The van der Waals surface area contributed by atoms with Crippen LogP contribution in [0.2, 0.25) is 0 Å². The molecule has 0 saturated carbocycles. The van der Waals surface area contributed by atoms with E-state index in [-0.39, 0.29) is 6.03 Å². The molecule has 1 heterocycles. The number of nitrogens with one attached hydrogen (secondary N) is 2. The Bertz CT molecular complexity index is 712. The van der Waals surface area contributed by atoms with Gasteiger partial charge in [-0.3, -0.25) is 4.68 Å². The number of methoxy groups -OCH3 is 2. The molecule has 2 rings (SSSR count). The number of amides is 2. The van der Waals surface area contributed by atoms with Crippen LogP contribution in [0.4, 0.5) is 10.5 Å². The van der Waals surface area contributed by atoms with E-state index in [1.165, 1.54) is 0 Å². The number of aromatic nitrogens is 2. The summed E-state index contributed by atoms with van der Waals surface area (Å²) in [7, 11) is 3.30. The van der Waals surface area contributed by atoms with Crippen LogP contribution >= 0.6 is 0 Å². The zero-order valence-corrected chi connectivity index (χ0v) is 15.3. The van der Waals surface area contributed by atoms with Crippen molar-refractivity contribution in [2.45, 2.75) is 33.5 Å². The fraction of sp³-hybridized carbons (Fsp3) is 0.444. The van der Waals surface area contributed by atoms with Gasteiger partial charge in [-0.25, -0.2) is 4.79 Å². The van der Waals surface area contributed by atoms with Gasteiger partial charge in [0, 0.05) is 43.3 Å². The van der Waals surface area contributed by atoms with Gasteiger partial charge in [-0.05, 0) is 19.9 Å². The summed E-state index contributed by atoms with van der Waals surface area (Å²) in [4.78, 5) is 12.2. The summed E-state index contributed by atoms with van der Waals surface area (Å²) in [5, 5.41) is 10.3. The number of anilines is 1. The normalized spacial score (nSPS) is 10.7. The molecule has 0 aliphatic carbocycles. The quantitative estimate of drug-likeness (QED) is 0.770. The highest BCUT2D eigenvalue weighted by molar-refractivity contribution is 5.90. The maximum atomic E-state index is 12.2. The minimum Gasteiger partial charge on any atom is -0.383 e. The average Bonchev–Trinajstić information content (AvgIpc) is 2.86. The molecule has 25 heavy (non-hydrogen) atoms. The Morgan fingerprint density at radius 3 is 2.68 bits per heavy atom. The Labute approximate surface area is 148 Å². The standard InChI is InChI=1S/C18H26N4O3/c1-13-16(14(2)22(21-13)9-10-24-3)11-19-18(23)20-17-8-6-5-7-15(17)12-25-4/h5-8H,9-12H2,1-4H3,(H2,19,20,23). The van der Waals surface area contributed by atoms with Gasteiger partial charge in [-0.1, -0.05) is 18.2 Å². The summed E-state index contributed by atoms with van der Waals surface area (Å²) in [6, 6.07) is 7.31. The van der Waals surface area contributed by atoms with Crippen molar-refractivity contribution in [1.29, 1.82) is 0 Å². The maximum absolute atomic E-state index is 12.2. The third-order valence-electron chi connectivity index (χ3n) is 4.03. The Balaban J connectivity index is 1.98. The first-order chi connectivity index (χ1) is 12.1. The van der Waals surface area contributed by atoms with Gasteiger partial charge in [0.05, 0.1) is 25.5 Å². The molecule has 7 nitrogen and oxygen atoms in total. The van der Waals surface area contributed by atoms with E-state index in [1.807, 2.05) is 42.8 Å². The van der Waals surface area contributed by atoms with Crippen molar-refractivity contribution in [3.8, 4) is 0 Å². The second kappa shape index (κ2) is 9.19. The zero-order chi connectivity index (χ0) is 18.2. The molecule has 0 radical (unpaired) electrons. The summed E-state index contributed by atoms with van der Waals surface area (Å²) < 4.78 is 12.2. The minimum atomic E-state index is -0.257. The first-order valence-electron chi connectivity index (χ1n) is 8.20. The lowest BCUT2D eigenvalue weighted by atomic mass is 10.2. The van der Waals surface area contributed by atoms with Crippen LogP contribution in [-0.2, 0) is 29.2 Å². The highest BCUT2D eigenvalue weighted by Gasteiger charge is 2.13. The van der Waals surface area contributed by atoms with Crippen LogP contribution in [-0.4, -0.2) is 36.6 Å². The smallest absolute Gasteiger partial charge is 0.319 e. The molecule has 0 aliphatic rings. The molecule has 2 N–H and O–H groups in total. The van der Waals surface area contributed by atoms with Crippen molar-refractivity contribution in [2.24, 2.45) is 0 Å². The second-order valence-corrected chi connectivity index (χ2v) is 5.76. The number of benzene rings is 1. The average molecular weight is 346 g/mol. The van der Waals surface area contributed by atoms with Crippen LogP contribution in [0.1, 0.15) is 22.5 Å². The molecule has 0 saturated heterocycles. The molecule has 7 heteroatoms. The van der Waals surface area contributed by atoms with E-state index in [0.29, 0.717) is 26.3 Å². The lowest BCUT2D eigenvalue weighted by Gasteiger charge is -2.12. The van der Waals surface area contributed by atoms with Crippen LogP contribution in [0.5, 0.6) is 0 Å². The van der Waals surface area contributed by atoms with Crippen molar-refractivity contribution in [2.75, 3.05) is 26.1 Å². The maximum Gasteiger partial charge on any atom is 0.319 e. The number of urea groups is 1. The van der Waals surface area contributed by atoms with E-state index >= 15 is 0 Å². The van der Waals surface area contributed by atoms with Crippen LogP contribution in [0.15, 0.2) is 24.3 Å². The monoisotopic (exact) mass is 346 g/mol. The molecular formula is C18H26N4O3. The number of hydrogen-bond acceptors (Lipinski definition) is 4. The molecule has 0 atom stereocenters. The summed E-state index contributed by atoms with van der Waals surface area (Å²) in [6.07, 6.45) is 0. The highest BCUT2D eigenvalue weighted by Crippen LogP contribution is 2.16. The Morgan fingerprint density at radius 2 is 1.96 bits per heavy atom. The molecular weight excluding hydrogens is 320 g/mol. The number of aryl methyl sites for hydroxylation is 1. The van der Waals surface area contributed by atoms with Gasteiger partial charge in [0.15, 0.2) is 0 Å². The number of nitrogens with zero attached hydrogens (tertiary/aromatic N) is 2. The minimum absolute atomic E-state index is 0.257. The number of hydrogen-bond donors (Lipinski definition) is 2. The van der Waals surface area contributed by atoms with Gasteiger partial charge >= 0.3 is 6.03 Å². The fourth-order valence-corrected chi connectivity index (χ4v) is 2.64. The van der Waals surface area contributed by atoms with Gasteiger partial charge in [-0.15, -0.1) is 0 Å². The molecule has 0 bridgehead atoms. The van der Waals surface area contributed by atoms with Crippen LogP contribution < -0.4 is 10.6 Å². The molecule has 1 aromatic carbocycles. The topological polar surface area (TPSA) is 77.4 Å².